The molecule has 1 nitrogen and oxygen atoms in total. The number of benzene rings is 2. The summed E-state index contributed by atoms with van der Waals surface area (Å²) in [5.74, 6) is 0.245. The second-order valence-electron chi connectivity index (χ2n) is 4.99. The smallest absolute Gasteiger partial charge is 0.142 e. The molecule has 2 aromatic carbocycles. The Hall–Kier alpha value is -1.38. The van der Waals surface area contributed by atoms with Crippen LogP contribution in [0.5, 0.6) is 0 Å². The maximum atomic E-state index is 13.3. The molecule has 0 saturated heterocycles. The lowest BCUT2D eigenvalue weighted by Gasteiger charge is -2.05. The van der Waals surface area contributed by atoms with E-state index in [0.717, 1.165) is 12.0 Å². The summed E-state index contributed by atoms with van der Waals surface area (Å²) in [4.78, 5) is 0. The van der Waals surface area contributed by atoms with Gasteiger partial charge in [-0.15, -0.1) is 0 Å². The lowest BCUT2D eigenvalue weighted by Crippen LogP contribution is -2.17. The summed E-state index contributed by atoms with van der Waals surface area (Å²) in [5, 5.41) is 3.64. The van der Waals surface area contributed by atoms with E-state index in [9.17, 15) is 4.39 Å². The number of hydrogen-bond donors (Lipinski definition) is 1. The van der Waals surface area contributed by atoms with Crippen LogP contribution in [0.2, 0.25) is 5.02 Å². The van der Waals surface area contributed by atoms with Gasteiger partial charge in [0.1, 0.15) is 5.82 Å². The van der Waals surface area contributed by atoms with E-state index in [-0.39, 0.29) is 10.8 Å². The van der Waals surface area contributed by atoms with Crippen molar-refractivity contribution in [3.63, 3.8) is 0 Å². The molecule has 1 fully saturated rings. The molecule has 98 valence electrons. The summed E-state index contributed by atoms with van der Waals surface area (Å²) >= 11 is 5.66. The van der Waals surface area contributed by atoms with Gasteiger partial charge in [0, 0.05) is 18.5 Å². The maximum absolute atomic E-state index is 13.3. The molecule has 0 amide bonds. The highest BCUT2D eigenvalue weighted by molar-refractivity contribution is 6.30. The van der Waals surface area contributed by atoms with E-state index in [1.165, 1.54) is 11.6 Å². The molecule has 1 N–H and O–H groups in total. The summed E-state index contributed by atoms with van der Waals surface area (Å²) < 4.78 is 13.3. The van der Waals surface area contributed by atoms with Gasteiger partial charge in [-0.05, 0) is 29.7 Å². The predicted molar refractivity (Wildman–Crippen MR) is 75.8 cm³/mol. The summed E-state index contributed by atoms with van der Waals surface area (Å²) in [6.07, 6.45) is 1.15. The van der Waals surface area contributed by atoms with Crippen LogP contribution in [-0.2, 0) is 6.54 Å². The van der Waals surface area contributed by atoms with Crippen molar-refractivity contribution in [3.8, 4) is 0 Å². The van der Waals surface area contributed by atoms with Crippen molar-refractivity contribution in [1.29, 1.82) is 0 Å². The lowest BCUT2D eigenvalue weighted by molar-refractivity contribution is 0.618. The first-order valence-corrected chi connectivity index (χ1v) is 6.84. The van der Waals surface area contributed by atoms with Gasteiger partial charge < -0.3 is 5.32 Å². The van der Waals surface area contributed by atoms with Crippen LogP contribution in [0, 0.1) is 5.82 Å². The van der Waals surface area contributed by atoms with Gasteiger partial charge in [0.05, 0.1) is 5.02 Å². The van der Waals surface area contributed by atoms with Crippen molar-refractivity contribution in [2.75, 3.05) is 0 Å². The molecule has 0 aromatic heterocycles. The van der Waals surface area contributed by atoms with Crippen LogP contribution in [0.3, 0.4) is 0 Å². The molecule has 2 aromatic rings. The zero-order chi connectivity index (χ0) is 13.2. The molecule has 1 aliphatic carbocycles. The molecule has 2 unspecified atom stereocenters. The second kappa shape index (κ2) is 5.32. The minimum absolute atomic E-state index is 0.178. The van der Waals surface area contributed by atoms with Crippen LogP contribution in [0.4, 0.5) is 4.39 Å². The van der Waals surface area contributed by atoms with E-state index in [4.69, 9.17) is 11.6 Å². The van der Waals surface area contributed by atoms with Gasteiger partial charge in [-0.3, -0.25) is 0 Å². The molecule has 1 saturated carbocycles. The summed E-state index contributed by atoms with van der Waals surface area (Å²) in [7, 11) is 0. The zero-order valence-electron chi connectivity index (χ0n) is 10.4. The zero-order valence-corrected chi connectivity index (χ0v) is 11.2. The average molecular weight is 276 g/mol. The molecule has 1 aliphatic rings. The first kappa shape index (κ1) is 12.6. The minimum Gasteiger partial charge on any atom is -0.309 e. The lowest BCUT2D eigenvalue weighted by atomic mass is 10.1. The number of hydrogen-bond acceptors (Lipinski definition) is 1. The average Bonchev–Trinajstić information content (AvgIpc) is 3.21. The van der Waals surface area contributed by atoms with E-state index in [1.807, 2.05) is 12.1 Å². The van der Waals surface area contributed by atoms with Crippen molar-refractivity contribution < 1.29 is 4.39 Å². The first-order valence-electron chi connectivity index (χ1n) is 6.46. The molecule has 0 bridgehead atoms. The number of halogens is 2. The fourth-order valence-electron chi connectivity index (χ4n) is 2.39. The SMILES string of the molecule is Fc1cc(CNC2CC2c2ccccc2)ccc1Cl. The van der Waals surface area contributed by atoms with Crippen molar-refractivity contribution in [1.82, 2.24) is 5.32 Å². The Kier molecular flexibility index (Phi) is 3.54. The molecular formula is C16H15ClFN. The van der Waals surface area contributed by atoms with E-state index >= 15 is 0 Å². The molecule has 3 rings (SSSR count). The third-order valence-corrected chi connectivity index (χ3v) is 3.88. The van der Waals surface area contributed by atoms with Gasteiger partial charge in [-0.2, -0.15) is 0 Å². The molecule has 0 radical (unpaired) electrons. The van der Waals surface area contributed by atoms with Crippen molar-refractivity contribution in [3.05, 3.63) is 70.5 Å². The molecule has 0 spiro atoms. The fraction of sp³-hybridized carbons (Fsp3) is 0.250. The van der Waals surface area contributed by atoms with E-state index < -0.39 is 0 Å². The second-order valence-corrected chi connectivity index (χ2v) is 5.40. The maximum Gasteiger partial charge on any atom is 0.142 e. The van der Waals surface area contributed by atoms with E-state index in [2.05, 4.69) is 29.6 Å². The normalized spacial score (nSPS) is 21.4. The van der Waals surface area contributed by atoms with Gasteiger partial charge in [-0.1, -0.05) is 48.0 Å². The van der Waals surface area contributed by atoms with Gasteiger partial charge in [-0.25, -0.2) is 4.39 Å². The van der Waals surface area contributed by atoms with Crippen molar-refractivity contribution >= 4 is 11.6 Å². The highest BCUT2D eigenvalue weighted by Crippen LogP contribution is 2.40. The number of rotatable bonds is 4. The summed E-state index contributed by atoms with van der Waals surface area (Å²) in [5.41, 5.74) is 2.31. The van der Waals surface area contributed by atoms with Gasteiger partial charge in [0.2, 0.25) is 0 Å². The number of nitrogens with one attached hydrogen (secondary N) is 1. The summed E-state index contributed by atoms with van der Waals surface area (Å²) in [6, 6.07) is 16.0. The van der Waals surface area contributed by atoms with Crippen LogP contribution in [0.25, 0.3) is 0 Å². The Morgan fingerprint density at radius 1 is 1.16 bits per heavy atom. The fourth-order valence-corrected chi connectivity index (χ4v) is 2.51. The Morgan fingerprint density at radius 3 is 2.68 bits per heavy atom. The highest BCUT2D eigenvalue weighted by Gasteiger charge is 2.37. The van der Waals surface area contributed by atoms with Crippen molar-refractivity contribution in [2.45, 2.75) is 24.9 Å². The topological polar surface area (TPSA) is 12.0 Å². The largest absolute Gasteiger partial charge is 0.309 e. The molecular weight excluding hydrogens is 261 g/mol. The Balaban J connectivity index is 1.56. The van der Waals surface area contributed by atoms with Crippen molar-refractivity contribution in [2.24, 2.45) is 0 Å². The van der Waals surface area contributed by atoms with Gasteiger partial charge >= 0.3 is 0 Å². The standard InChI is InChI=1S/C16H15ClFN/c17-14-7-6-11(8-15(14)18)10-19-16-9-13(16)12-4-2-1-3-5-12/h1-8,13,16,19H,9-10H2. The summed E-state index contributed by atoms with van der Waals surface area (Å²) in [6.45, 7) is 0.683. The molecule has 0 aliphatic heterocycles. The van der Waals surface area contributed by atoms with Gasteiger partial charge in [0.15, 0.2) is 0 Å². The Morgan fingerprint density at radius 2 is 1.95 bits per heavy atom. The highest BCUT2D eigenvalue weighted by atomic mass is 35.5. The van der Waals surface area contributed by atoms with E-state index in [1.54, 1.807) is 6.07 Å². The quantitative estimate of drug-likeness (QED) is 0.885. The monoisotopic (exact) mass is 275 g/mol. The molecule has 3 heteroatoms. The molecule has 2 atom stereocenters. The first-order chi connectivity index (χ1) is 9.24. The third-order valence-electron chi connectivity index (χ3n) is 3.57. The Labute approximate surface area is 117 Å². The Bertz CT molecular complexity index is 570. The minimum atomic E-state index is -0.351. The predicted octanol–water partition coefficient (Wildman–Crippen LogP) is 4.12. The van der Waals surface area contributed by atoms with Crippen LogP contribution in [0.15, 0.2) is 48.5 Å². The van der Waals surface area contributed by atoms with Crippen LogP contribution >= 0.6 is 11.6 Å². The van der Waals surface area contributed by atoms with Crippen LogP contribution in [-0.4, -0.2) is 6.04 Å². The molecule has 19 heavy (non-hydrogen) atoms. The van der Waals surface area contributed by atoms with Crippen LogP contribution < -0.4 is 5.32 Å². The van der Waals surface area contributed by atoms with Gasteiger partial charge in [0.25, 0.3) is 0 Å². The molecule has 0 heterocycles. The third kappa shape index (κ3) is 2.96. The van der Waals surface area contributed by atoms with E-state index in [0.29, 0.717) is 18.5 Å². The van der Waals surface area contributed by atoms with Crippen LogP contribution in [0.1, 0.15) is 23.5 Å².